The fourth-order valence-corrected chi connectivity index (χ4v) is 3.18. The molecule has 1 heterocycles. The van der Waals surface area contributed by atoms with Gasteiger partial charge in [-0.3, -0.25) is 4.90 Å². The number of rotatable bonds is 7. The maximum absolute atomic E-state index is 6.36. The van der Waals surface area contributed by atoms with Crippen molar-refractivity contribution < 1.29 is 4.74 Å². The molecule has 1 unspecified atom stereocenters. The van der Waals surface area contributed by atoms with Crippen molar-refractivity contribution >= 4 is 11.6 Å². The Morgan fingerprint density at radius 3 is 2.50 bits per heavy atom. The standard InChI is InChI=1S/C17H28ClN3O/c1-3-11-22-17-6-5-14(12-15(17)18)16(13-19)21-9-7-20(4-2)8-10-21/h5-6,12,16H,3-4,7-11,13,19H2,1-2H3. The number of ether oxygens (including phenoxy) is 1. The van der Waals surface area contributed by atoms with Gasteiger partial charge in [-0.15, -0.1) is 0 Å². The number of nitrogens with two attached hydrogens (primary N) is 1. The van der Waals surface area contributed by atoms with Crippen molar-refractivity contribution in [2.75, 3.05) is 45.9 Å². The van der Waals surface area contributed by atoms with E-state index in [4.69, 9.17) is 22.1 Å². The topological polar surface area (TPSA) is 41.7 Å². The molecule has 0 amide bonds. The van der Waals surface area contributed by atoms with Crippen molar-refractivity contribution in [1.82, 2.24) is 9.80 Å². The highest BCUT2D eigenvalue weighted by atomic mass is 35.5. The molecule has 2 rings (SSSR count). The fraction of sp³-hybridized carbons (Fsp3) is 0.647. The molecule has 1 atom stereocenters. The van der Waals surface area contributed by atoms with Gasteiger partial charge in [0.05, 0.1) is 11.6 Å². The summed E-state index contributed by atoms with van der Waals surface area (Å²) in [5, 5.41) is 0.677. The molecule has 5 heteroatoms. The van der Waals surface area contributed by atoms with Gasteiger partial charge in [0.15, 0.2) is 0 Å². The van der Waals surface area contributed by atoms with E-state index < -0.39 is 0 Å². The van der Waals surface area contributed by atoms with Crippen molar-refractivity contribution in [1.29, 1.82) is 0 Å². The minimum absolute atomic E-state index is 0.233. The molecule has 0 aliphatic carbocycles. The van der Waals surface area contributed by atoms with Gasteiger partial charge in [0.2, 0.25) is 0 Å². The summed E-state index contributed by atoms with van der Waals surface area (Å²) in [6.07, 6.45) is 0.977. The molecule has 22 heavy (non-hydrogen) atoms. The lowest BCUT2D eigenvalue weighted by Crippen LogP contribution is -2.48. The van der Waals surface area contributed by atoms with Gasteiger partial charge in [0.25, 0.3) is 0 Å². The highest BCUT2D eigenvalue weighted by molar-refractivity contribution is 6.32. The third-order valence-electron chi connectivity index (χ3n) is 4.32. The highest BCUT2D eigenvalue weighted by Gasteiger charge is 2.24. The average Bonchev–Trinajstić information content (AvgIpc) is 2.55. The fourth-order valence-electron chi connectivity index (χ4n) is 2.94. The first kappa shape index (κ1) is 17.5. The quantitative estimate of drug-likeness (QED) is 0.837. The van der Waals surface area contributed by atoms with Crippen LogP contribution in [0.1, 0.15) is 31.9 Å². The first-order valence-corrected chi connectivity index (χ1v) is 8.66. The summed E-state index contributed by atoms with van der Waals surface area (Å²) in [5.74, 6) is 0.763. The molecule has 0 radical (unpaired) electrons. The smallest absolute Gasteiger partial charge is 0.137 e. The monoisotopic (exact) mass is 325 g/mol. The Bertz CT molecular complexity index is 461. The van der Waals surface area contributed by atoms with E-state index in [-0.39, 0.29) is 6.04 Å². The summed E-state index contributed by atoms with van der Waals surface area (Å²) in [5.41, 5.74) is 7.22. The lowest BCUT2D eigenvalue weighted by molar-refractivity contribution is 0.102. The lowest BCUT2D eigenvalue weighted by atomic mass is 10.0. The van der Waals surface area contributed by atoms with Crippen LogP contribution in [0.4, 0.5) is 0 Å². The largest absolute Gasteiger partial charge is 0.492 e. The second-order valence-corrected chi connectivity index (χ2v) is 6.17. The molecule has 124 valence electrons. The molecule has 4 nitrogen and oxygen atoms in total. The van der Waals surface area contributed by atoms with Gasteiger partial charge >= 0.3 is 0 Å². The Hall–Kier alpha value is -0.810. The summed E-state index contributed by atoms with van der Waals surface area (Å²) in [6.45, 7) is 11.1. The molecular weight excluding hydrogens is 298 g/mol. The van der Waals surface area contributed by atoms with Crippen molar-refractivity contribution in [3.05, 3.63) is 28.8 Å². The lowest BCUT2D eigenvalue weighted by Gasteiger charge is -2.38. The van der Waals surface area contributed by atoms with E-state index in [9.17, 15) is 0 Å². The Kier molecular flexibility index (Phi) is 6.96. The van der Waals surface area contributed by atoms with Crippen LogP contribution >= 0.6 is 11.6 Å². The van der Waals surface area contributed by atoms with Crippen LogP contribution in [0, 0.1) is 0 Å². The van der Waals surface area contributed by atoms with E-state index in [1.165, 1.54) is 5.56 Å². The predicted molar refractivity (Wildman–Crippen MR) is 92.7 cm³/mol. The molecule has 1 aromatic carbocycles. The molecule has 1 aliphatic rings. The van der Waals surface area contributed by atoms with E-state index in [2.05, 4.69) is 29.7 Å². The molecule has 0 saturated carbocycles. The Balaban J connectivity index is 2.06. The Labute approximate surface area is 139 Å². The summed E-state index contributed by atoms with van der Waals surface area (Å²) in [6, 6.07) is 6.31. The summed E-state index contributed by atoms with van der Waals surface area (Å²) < 4.78 is 5.64. The van der Waals surface area contributed by atoms with E-state index in [1.54, 1.807) is 0 Å². The maximum Gasteiger partial charge on any atom is 0.137 e. The number of nitrogens with zero attached hydrogens (tertiary/aromatic N) is 2. The highest BCUT2D eigenvalue weighted by Crippen LogP contribution is 2.30. The molecule has 1 aliphatic heterocycles. The minimum Gasteiger partial charge on any atom is -0.492 e. The normalized spacial score (nSPS) is 18.4. The van der Waals surface area contributed by atoms with E-state index in [0.717, 1.165) is 44.9 Å². The molecule has 2 N–H and O–H groups in total. The zero-order valence-electron chi connectivity index (χ0n) is 13.7. The van der Waals surface area contributed by atoms with Crippen molar-refractivity contribution in [3.8, 4) is 5.75 Å². The van der Waals surface area contributed by atoms with E-state index in [1.807, 2.05) is 12.1 Å². The van der Waals surface area contributed by atoms with Crippen LogP contribution in [0.15, 0.2) is 18.2 Å². The maximum atomic E-state index is 6.36. The van der Waals surface area contributed by atoms with Crippen LogP contribution in [-0.4, -0.2) is 55.7 Å². The first-order chi connectivity index (χ1) is 10.7. The van der Waals surface area contributed by atoms with Crippen LogP contribution in [0.2, 0.25) is 5.02 Å². The second kappa shape index (κ2) is 8.73. The van der Waals surface area contributed by atoms with Crippen LogP contribution in [-0.2, 0) is 0 Å². The van der Waals surface area contributed by atoms with Crippen LogP contribution in [0.25, 0.3) is 0 Å². The van der Waals surface area contributed by atoms with Crippen LogP contribution in [0.3, 0.4) is 0 Å². The molecule has 0 spiro atoms. The zero-order chi connectivity index (χ0) is 15.9. The van der Waals surface area contributed by atoms with Gasteiger partial charge < -0.3 is 15.4 Å². The molecule has 1 saturated heterocycles. The molecule has 0 bridgehead atoms. The minimum atomic E-state index is 0.233. The zero-order valence-corrected chi connectivity index (χ0v) is 14.5. The van der Waals surface area contributed by atoms with Gasteiger partial charge in [-0.05, 0) is 30.7 Å². The second-order valence-electron chi connectivity index (χ2n) is 5.76. The van der Waals surface area contributed by atoms with E-state index in [0.29, 0.717) is 18.2 Å². The van der Waals surface area contributed by atoms with Crippen molar-refractivity contribution in [3.63, 3.8) is 0 Å². The van der Waals surface area contributed by atoms with Gasteiger partial charge in [-0.2, -0.15) is 0 Å². The van der Waals surface area contributed by atoms with E-state index >= 15 is 0 Å². The van der Waals surface area contributed by atoms with Crippen molar-refractivity contribution in [2.24, 2.45) is 5.73 Å². The summed E-state index contributed by atoms with van der Waals surface area (Å²) >= 11 is 6.36. The molecule has 1 aromatic rings. The Morgan fingerprint density at radius 2 is 1.95 bits per heavy atom. The Morgan fingerprint density at radius 1 is 1.23 bits per heavy atom. The number of halogens is 1. The summed E-state index contributed by atoms with van der Waals surface area (Å²) in [4.78, 5) is 4.93. The SMILES string of the molecule is CCCOc1ccc(C(CN)N2CCN(CC)CC2)cc1Cl. The molecule has 1 fully saturated rings. The van der Waals surface area contributed by atoms with Gasteiger partial charge in [0, 0.05) is 38.8 Å². The third kappa shape index (κ3) is 4.35. The number of benzene rings is 1. The van der Waals surface area contributed by atoms with Crippen molar-refractivity contribution in [2.45, 2.75) is 26.3 Å². The van der Waals surface area contributed by atoms with Crippen LogP contribution < -0.4 is 10.5 Å². The number of hydrogen-bond acceptors (Lipinski definition) is 4. The first-order valence-electron chi connectivity index (χ1n) is 8.28. The van der Waals surface area contributed by atoms with Gasteiger partial charge in [0.1, 0.15) is 5.75 Å². The number of piperazine rings is 1. The summed E-state index contributed by atoms with van der Waals surface area (Å²) in [7, 11) is 0. The molecular formula is C17H28ClN3O. The van der Waals surface area contributed by atoms with Crippen LogP contribution in [0.5, 0.6) is 5.75 Å². The third-order valence-corrected chi connectivity index (χ3v) is 4.62. The predicted octanol–water partition coefficient (Wildman–Crippen LogP) is 2.77. The number of hydrogen-bond donors (Lipinski definition) is 1. The average molecular weight is 326 g/mol. The van der Waals surface area contributed by atoms with Gasteiger partial charge in [-0.25, -0.2) is 0 Å². The molecule has 0 aromatic heterocycles. The van der Waals surface area contributed by atoms with Gasteiger partial charge in [-0.1, -0.05) is 31.5 Å². The number of likely N-dealkylation sites (N-methyl/N-ethyl adjacent to an activating group) is 1.